The van der Waals surface area contributed by atoms with Crippen molar-refractivity contribution in [2.45, 2.75) is 59.1 Å². The van der Waals surface area contributed by atoms with E-state index in [9.17, 15) is 4.79 Å². The van der Waals surface area contributed by atoms with Gasteiger partial charge in [0.05, 0.1) is 5.56 Å². The highest BCUT2D eigenvalue weighted by molar-refractivity contribution is 5.97. The quantitative estimate of drug-likeness (QED) is 0.248. The summed E-state index contributed by atoms with van der Waals surface area (Å²) < 4.78 is 13.2. The zero-order valence-corrected chi connectivity index (χ0v) is 25.0. The number of rotatable bonds is 5. The van der Waals surface area contributed by atoms with Crippen molar-refractivity contribution in [2.75, 3.05) is 16.8 Å². The van der Waals surface area contributed by atoms with Gasteiger partial charge in [0.25, 0.3) is 0 Å². The summed E-state index contributed by atoms with van der Waals surface area (Å²) in [5.74, 6) is 1.74. The molecule has 3 aliphatic rings. The molecular formula is C37H38N2O3. The summed E-state index contributed by atoms with van der Waals surface area (Å²) in [6.45, 7) is 12.5. The van der Waals surface area contributed by atoms with Crippen LogP contribution < -0.4 is 15.0 Å². The van der Waals surface area contributed by atoms with Gasteiger partial charge >= 0.3 is 5.97 Å². The standard InChI is InChI=1S/C37H38N2O3/c1-6-12-28-24(3)39(22-36(28,4)5)26-17-18-30-34(20-26)41-33-19-23(2)32(38-25-13-8-7-9-14-25)21-31(33)37(30)29-16-11-10-15-27(29)35(40)42-37/h7-11,13-21,24,28,38H,6,12,22H2,1-5H3. The molecule has 3 aliphatic heterocycles. The summed E-state index contributed by atoms with van der Waals surface area (Å²) in [7, 11) is 0. The predicted octanol–water partition coefficient (Wildman–Crippen LogP) is 8.96. The number of esters is 1. The molecule has 42 heavy (non-hydrogen) atoms. The van der Waals surface area contributed by atoms with Crippen LogP contribution in [0, 0.1) is 18.3 Å². The zero-order chi connectivity index (χ0) is 29.2. The topological polar surface area (TPSA) is 50.8 Å². The smallest absolute Gasteiger partial charge is 0.340 e. The number of anilines is 3. The number of nitrogens with zero attached hydrogens (tertiary/aromatic N) is 1. The van der Waals surface area contributed by atoms with Crippen LogP contribution in [0.4, 0.5) is 17.1 Å². The van der Waals surface area contributed by atoms with E-state index in [1.165, 1.54) is 12.8 Å². The summed E-state index contributed by atoms with van der Waals surface area (Å²) in [4.78, 5) is 15.9. The monoisotopic (exact) mass is 558 g/mol. The molecule has 0 aliphatic carbocycles. The number of benzene rings is 4. The Morgan fingerprint density at radius 2 is 1.64 bits per heavy atom. The Kier molecular flexibility index (Phi) is 6.12. The van der Waals surface area contributed by atoms with Crippen LogP contribution in [-0.2, 0) is 10.3 Å². The van der Waals surface area contributed by atoms with Crippen molar-refractivity contribution in [1.29, 1.82) is 0 Å². The maximum absolute atomic E-state index is 13.4. The minimum absolute atomic E-state index is 0.221. The summed E-state index contributed by atoms with van der Waals surface area (Å²) >= 11 is 0. The molecule has 4 aromatic carbocycles. The summed E-state index contributed by atoms with van der Waals surface area (Å²) in [5.41, 5.74) is 6.35. The number of hydrogen-bond donors (Lipinski definition) is 1. The number of ether oxygens (including phenoxy) is 2. The van der Waals surface area contributed by atoms with Crippen molar-refractivity contribution in [2.24, 2.45) is 11.3 Å². The van der Waals surface area contributed by atoms with Crippen LogP contribution in [0.3, 0.4) is 0 Å². The first-order valence-electron chi connectivity index (χ1n) is 15.1. The molecule has 3 unspecified atom stereocenters. The molecule has 5 heteroatoms. The van der Waals surface area contributed by atoms with Crippen LogP contribution in [0.15, 0.2) is 84.9 Å². The molecule has 1 N–H and O–H groups in total. The Labute approximate surface area is 248 Å². The third-order valence-corrected chi connectivity index (χ3v) is 9.68. The fourth-order valence-electron chi connectivity index (χ4n) is 7.64. The van der Waals surface area contributed by atoms with E-state index < -0.39 is 5.60 Å². The van der Waals surface area contributed by atoms with E-state index in [1.807, 2.05) is 54.6 Å². The molecule has 5 nitrogen and oxygen atoms in total. The van der Waals surface area contributed by atoms with Crippen molar-refractivity contribution in [3.05, 3.63) is 113 Å². The van der Waals surface area contributed by atoms with Gasteiger partial charge in [-0.1, -0.05) is 63.6 Å². The van der Waals surface area contributed by atoms with Crippen LogP contribution in [-0.4, -0.2) is 18.6 Å². The third-order valence-electron chi connectivity index (χ3n) is 9.68. The predicted molar refractivity (Wildman–Crippen MR) is 168 cm³/mol. The maximum Gasteiger partial charge on any atom is 0.340 e. The number of nitrogens with one attached hydrogen (secondary N) is 1. The van der Waals surface area contributed by atoms with Crippen LogP contribution in [0.25, 0.3) is 0 Å². The molecule has 0 aromatic heterocycles. The molecule has 3 atom stereocenters. The zero-order valence-electron chi connectivity index (χ0n) is 25.0. The largest absolute Gasteiger partial charge is 0.456 e. The fourth-order valence-corrected chi connectivity index (χ4v) is 7.64. The Morgan fingerprint density at radius 1 is 0.905 bits per heavy atom. The minimum atomic E-state index is -1.10. The number of hydrogen-bond acceptors (Lipinski definition) is 5. The van der Waals surface area contributed by atoms with Gasteiger partial charge in [-0.05, 0) is 79.6 Å². The van der Waals surface area contributed by atoms with Crippen molar-refractivity contribution < 1.29 is 14.3 Å². The maximum atomic E-state index is 13.4. The van der Waals surface area contributed by atoms with Gasteiger partial charge in [0, 0.05) is 52.4 Å². The Balaban J connectivity index is 1.38. The highest BCUT2D eigenvalue weighted by atomic mass is 16.6. The van der Waals surface area contributed by atoms with Gasteiger partial charge in [-0.2, -0.15) is 0 Å². The molecule has 7 rings (SSSR count). The molecular weight excluding hydrogens is 520 g/mol. The van der Waals surface area contributed by atoms with Gasteiger partial charge in [0.2, 0.25) is 0 Å². The van der Waals surface area contributed by atoms with Crippen molar-refractivity contribution >= 4 is 23.0 Å². The number of fused-ring (bicyclic) bond motifs is 6. The number of aryl methyl sites for hydroxylation is 1. The average molecular weight is 559 g/mol. The molecule has 3 heterocycles. The van der Waals surface area contributed by atoms with Gasteiger partial charge in [0.15, 0.2) is 5.60 Å². The number of carbonyl (C=O) groups excluding carboxylic acids is 1. The van der Waals surface area contributed by atoms with Crippen LogP contribution in [0.1, 0.15) is 73.1 Å². The van der Waals surface area contributed by atoms with Crippen LogP contribution in [0.5, 0.6) is 11.5 Å². The van der Waals surface area contributed by atoms with E-state index in [-0.39, 0.29) is 11.4 Å². The summed E-state index contributed by atoms with van der Waals surface area (Å²) in [6.07, 6.45) is 2.40. The number of carbonyl (C=O) groups is 1. The Hall–Kier alpha value is -4.25. The minimum Gasteiger partial charge on any atom is -0.456 e. The van der Waals surface area contributed by atoms with E-state index in [4.69, 9.17) is 9.47 Å². The van der Waals surface area contributed by atoms with Crippen molar-refractivity contribution in [1.82, 2.24) is 0 Å². The molecule has 214 valence electrons. The van der Waals surface area contributed by atoms with E-state index in [2.05, 4.69) is 75.2 Å². The second-order valence-electron chi connectivity index (χ2n) is 12.8. The second kappa shape index (κ2) is 9.65. The van der Waals surface area contributed by atoms with Gasteiger partial charge in [0.1, 0.15) is 11.5 Å². The van der Waals surface area contributed by atoms with Crippen LogP contribution >= 0.6 is 0 Å². The molecule has 0 radical (unpaired) electrons. The van der Waals surface area contributed by atoms with Gasteiger partial charge in [-0.3, -0.25) is 0 Å². The molecule has 1 saturated heterocycles. The molecule has 0 saturated carbocycles. The van der Waals surface area contributed by atoms with E-state index in [1.54, 1.807) is 0 Å². The Bertz CT molecular complexity index is 1700. The molecule has 1 fully saturated rings. The average Bonchev–Trinajstić information content (AvgIpc) is 3.40. The summed E-state index contributed by atoms with van der Waals surface area (Å²) in [5, 5.41) is 3.56. The number of para-hydroxylation sites is 1. The highest BCUT2D eigenvalue weighted by Crippen LogP contribution is 2.58. The van der Waals surface area contributed by atoms with Gasteiger partial charge in [-0.25, -0.2) is 4.79 Å². The highest BCUT2D eigenvalue weighted by Gasteiger charge is 2.54. The first-order valence-corrected chi connectivity index (χ1v) is 15.1. The lowest BCUT2D eigenvalue weighted by molar-refractivity contribution is 0.0224. The third kappa shape index (κ3) is 3.93. The molecule has 0 bridgehead atoms. The molecule has 0 amide bonds. The van der Waals surface area contributed by atoms with Gasteiger partial charge in [-0.15, -0.1) is 0 Å². The lowest BCUT2D eigenvalue weighted by Gasteiger charge is -2.38. The Morgan fingerprint density at radius 3 is 2.43 bits per heavy atom. The van der Waals surface area contributed by atoms with E-state index in [0.717, 1.165) is 51.6 Å². The van der Waals surface area contributed by atoms with E-state index in [0.29, 0.717) is 23.3 Å². The first kappa shape index (κ1) is 26.6. The normalized spacial score (nSPS) is 23.2. The van der Waals surface area contributed by atoms with Crippen molar-refractivity contribution in [3.63, 3.8) is 0 Å². The lowest BCUT2D eigenvalue weighted by Crippen LogP contribution is -2.34. The first-order chi connectivity index (χ1) is 20.2. The summed E-state index contributed by atoms with van der Waals surface area (Å²) in [6, 6.07) is 28.9. The van der Waals surface area contributed by atoms with Gasteiger partial charge < -0.3 is 19.7 Å². The molecule has 1 spiro atoms. The van der Waals surface area contributed by atoms with Crippen molar-refractivity contribution in [3.8, 4) is 11.5 Å². The lowest BCUT2D eigenvalue weighted by atomic mass is 9.77. The SMILES string of the molecule is CCCC1C(C)N(c2ccc3c(c2)Oc2cc(C)c(Nc4ccccc4)cc2C32OC(=O)c3ccccc32)CC1(C)C. The molecule has 4 aromatic rings. The van der Waals surface area contributed by atoms with Crippen LogP contribution in [0.2, 0.25) is 0 Å². The fraction of sp³-hybridized carbons (Fsp3) is 0.324. The second-order valence-corrected chi connectivity index (χ2v) is 12.8. The van der Waals surface area contributed by atoms with E-state index >= 15 is 0 Å².